The minimum Gasteiger partial charge on any atom is -0.351 e. The van der Waals surface area contributed by atoms with Gasteiger partial charge in [0.25, 0.3) is 0 Å². The second kappa shape index (κ2) is 4.40. The van der Waals surface area contributed by atoms with E-state index in [1.165, 1.54) is 0 Å². The molecule has 0 radical (unpaired) electrons. The summed E-state index contributed by atoms with van der Waals surface area (Å²) in [4.78, 5) is 14.6. The van der Waals surface area contributed by atoms with E-state index in [4.69, 9.17) is 0 Å². The van der Waals surface area contributed by atoms with Gasteiger partial charge in [-0.3, -0.25) is 4.79 Å². The van der Waals surface area contributed by atoms with Gasteiger partial charge in [-0.1, -0.05) is 6.92 Å². The molecule has 1 atom stereocenters. The number of carbonyl (C=O) groups excluding carboxylic acids is 1. The van der Waals surface area contributed by atoms with Crippen molar-refractivity contribution in [3.05, 3.63) is 0 Å². The minimum absolute atomic E-state index is 0.193. The predicted octanol–water partition coefficient (Wildman–Crippen LogP) is 1.44. The van der Waals surface area contributed by atoms with Crippen LogP contribution in [-0.2, 0) is 9.74 Å². The zero-order valence-electron chi connectivity index (χ0n) is 7.98. The van der Waals surface area contributed by atoms with E-state index in [0.717, 1.165) is 0 Å². The van der Waals surface area contributed by atoms with Gasteiger partial charge in [-0.2, -0.15) is 4.94 Å². The number of rotatable bonds is 3. The highest BCUT2D eigenvalue weighted by atomic mass is 19.3. The van der Waals surface area contributed by atoms with Crippen LogP contribution in [0.1, 0.15) is 27.7 Å². The fraction of sp³-hybridized carbons (Fsp3) is 0.875. The van der Waals surface area contributed by atoms with Gasteiger partial charge < -0.3 is 5.32 Å². The summed E-state index contributed by atoms with van der Waals surface area (Å²) >= 11 is 0. The van der Waals surface area contributed by atoms with Crippen molar-refractivity contribution < 1.29 is 14.3 Å². The van der Waals surface area contributed by atoms with Crippen LogP contribution in [0.5, 0.6) is 0 Å². The third kappa shape index (κ3) is 5.07. The SMILES string of the molecule is CC(COF)C(=O)NC(C)(C)C. The number of nitrogens with one attached hydrogen (secondary N) is 1. The number of halogens is 1. The highest BCUT2D eigenvalue weighted by molar-refractivity contribution is 5.79. The lowest BCUT2D eigenvalue weighted by atomic mass is 10.1. The quantitative estimate of drug-likeness (QED) is 0.708. The van der Waals surface area contributed by atoms with Gasteiger partial charge in [0, 0.05) is 5.54 Å². The van der Waals surface area contributed by atoms with Gasteiger partial charge in [0.1, 0.15) is 0 Å². The maximum atomic E-state index is 11.4. The molecule has 4 heteroatoms. The van der Waals surface area contributed by atoms with Gasteiger partial charge in [-0.15, -0.1) is 0 Å². The van der Waals surface area contributed by atoms with Crippen LogP contribution in [0, 0.1) is 5.92 Å². The Morgan fingerprint density at radius 2 is 2.08 bits per heavy atom. The van der Waals surface area contributed by atoms with Gasteiger partial charge in [0.05, 0.1) is 12.5 Å². The molecule has 0 bridgehead atoms. The molecule has 1 unspecified atom stereocenters. The smallest absolute Gasteiger partial charge is 0.225 e. The Kier molecular flexibility index (Phi) is 4.17. The van der Waals surface area contributed by atoms with Gasteiger partial charge in [-0.05, 0) is 25.3 Å². The summed E-state index contributed by atoms with van der Waals surface area (Å²) in [5.74, 6) is -0.644. The lowest BCUT2D eigenvalue weighted by molar-refractivity contribution is -0.154. The van der Waals surface area contributed by atoms with Gasteiger partial charge in [0.15, 0.2) is 0 Å². The van der Waals surface area contributed by atoms with E-state index in [9.17, 15) is 9.32 Å². The highest BCUT2D eigenvalue weighted by Gasteiger charge is 2.19. The van der Waals surface area contributed by atoms with Crippen molar-refractivity contribution in [1.29, 1.82) is 0 Å². The zero-order chi connectivity index (χ0) is 9.78. The van der Waals surface area contributed by atoms with E-state index >= 15 is 0 Å². The first-order valence-electron chi connectivity index (χ1n) is 3.92. The van der Waals surface area contributed by atoms with Crippen LogP contribution in [0.25, 0.3) is 0 Å². The Morgan fingerprint density at radius 3 is 2.42 bits per heavy atom. The molecule has 0 heterocycles. The largest absolute Gasteiger partial charge is 0.351 e. The molecule has 0 aliphatic heterocycles. The molecular formula is C8H16FNO2. The molecule has 72 valence electrons. The molecule has 1 amide bonds. The van der Waals surface area contributed by atoms with Crippen LogP contribution in [0.4, 0.5) is 4.53 Å². The summed E-state index contributed by atoms with van der Waals surface area (Å²) < 4.78 is 11.4. The van der Waals surface area contributed by atoms with Crippen molar-refractivity contribution in [1.82, 2.24) is 5.32 Å². The summed E-state index contributed by atoms with van der Waals surface area (Å²) in [6, 6.07) is 0. The maximum absolute atomic E-state index is 11.4. The molecule has 0 saturated heterocycles. The molecule has 0 aliphatic carbocycles. The molecule has 0 aromatic rings. The van der Waals surface area contributed by atoms with Gasteiger partial charge in [-0.25, -0.2) is 0 Å². The Labute approximate surface area is 72.2 Å². The Balaban J connectivity index is 3.87. The average molecular weight is 177 g/mol. The number of carbonyl (C=O) groups is 1. The van der Waals surface area contributed by atoms with Crippen LogP contribution in [0.2, 0.25) is 0 Å². The fourth-order valence-electron chi connectivity index (χ4n) is 0.663. The first kappa shape index (κ1) is 11.4. The Morgan fingerprint density at radius 1 is 1.58 bits per heavy atom. The fourth-order valence-corrected chi connectivity index (χ4v) is 0.663. The van der Waals surface area contributed by atoms with Crippen molar-refractivity contribution in [3.63, 3.8) is 0 Å². The van der Waals surface area contributed by atoms with Crippen molar-refractivity contribution in [3.8, 4) is 0 Å². The monoisotopic (exact) mass is 177 g/mol. The Hall–Kier alpha value is -0.640. The van der Waals surface area contributed by atoms with Gasteiger partial charge >= 0.3 is 0 Å². The summed E-state index contributed by atoms with van der Waals surface area (Å²) in [5, 5.41) is 2.72. The summed E-state index contributed by atoms with van der Waals surface area (Å²) in [7, 11) is 0. The third-order valence-electron chi connectivity index (χ3n) is 1.26. The summed E-state index contributed by atoms with van der Waals surface area (Å²) in [5.41, 5.74) is -0.276. The topological polar surface area (TPSA) is 38.3 Å². The molecule has 1 N–H and O–H groups in total. The highest BCUT2D eigenvalue weighted by Crippen LogP contribution is 2.03. The van der Waals surface area contributed by atoms with E-state index in [1.807, 2.05) is 20.8 Å². The summed E-state index contributed by atoms with van der Waals surface area (Å²) in [6.45, 7) is 7.03. The predicted molar refractivity (Wildman–Crippen MR) is 44.1 cm³/mol. The molecular weight excluding hydrogens is 161 g/mol. The number of hydrogen-bond donors (Lipinski definition) is 1. The van der Waals surface area contributed by atoms with Crippen LogP contribution in [-0.4, -0.2) is 18.1 Å². The molecule has 0 aromatic carbocycles. The standard InChI is InChI=1S/C8H16FNO2/c1-6(5-12-9)7(11)10-8(2,3)4/h6H,5H2,1-4H3,(H,10,11). The van der Waals surface area contributed by atoms with Crippen molar-refractivity contribution >= 4 is 5.91 Å². The first-order chi connectivity index (χ1) is 5.37. The summed E-state index contributed by atoms with van der Waals surface area (Å²) in [6.07, 6.45) is 0. The molecule has 0 fully saturated rings. The van der Waals surface area contributed by atoms with Crippen LogP contribution in [0.15, 0.2) is 0 Å². The molecule has 12 heavy (non-hydrogen) atoms. The molecule has 3 nitrogen and oxygen atoms in total. The molecule has 0 spiro atoms. The molecule has 0 saturated carbocycles. The number of amides is 1. The second-order valence-electron chi connectivity index (χ2n) is 3.92. The zero-order valence-corrected chi connectivity index (χ0v) is 7.98. The lowest BCUT2D eigenvalue weighted by Crippen LogP contribution is -2.44. The minimum atomic E-state index is -0.450. The van der Waals surface area contributed by atoms with Crippen molar-refractivity contribution in [2.24, 2.45) is 5.92 Å². The normalized spacial score (nSPS) is 14.1. The molecule has 0 aromatic heterocycles. The van der Waals surface area contributed by atoms with Gasteiger partial charge in [0.2, 0.25) is 5.91 Å². The molecule has 0 rings (SSSR count). The van der Waals surface area contributed by atoms with E-state index in [1.54, 1.807) is 6.92 Å². The average Bonchev–Trinajstić information content (AvgIpc) is 1.84. The number of hydrogen-bond acceptors (Lipinski definition) is 2. The van der Waals surface area contributed by atoms with E-state index in [-0.39, 0.29) is 18.1 Å². The van der Waals surface area contributed by atoms with Crippen molar-refractivity contribution in [2.45, 2.75) is 33.2 Å². The Bertz CT molecular complexity index is 154. The third-order valence-corrected chi connectivity index (χ3v) is 1.26. The van der Waals surface area contributed by atoms with Crippen molar-refractivity contribution in [2.75, 3.05) is 6.61 Å². The maximum Gasteiger partial charge on any atom is 0.225 e. The van der Waals surface area contributed by atoms with Crippen LogP contribution >= 0.6 is 0 Å². The lowest BCUT2D eigenvalue weighted by Gasteiger charge is -2.22. The van der Waals surface area contributed by atoms with Crippen LogP contribution in [0.3, 0.4) is 0 Å². The first-order valence-corrected chi connectivity index (χ1v) is 3.92. The van der Waals surface area contributed by atoms with E-state index < -0.39 is 5.92 Å². The van der Waals surface area contributed by atoms with E-state index in [0.29, 0.717) is 0 Å². The molecule has 0 aliphatic rings. The second-order valence-corrected chi connectivity index (χ2v) is 3.92. The van der Waals surface area contributed by atoms with E-state index in [2.05, 4.69) is 10.3 Å². The van der Waals surface area contributed by atoms with Crippen LogP contribution < -0.4 is 5.32 Å².